The van der Waals surface area contributed by atoms with Gasteiger partial charge in [0, 0.05) is 16.5 Å². The van der Waals surface area contributed by atoms with Gasteiger partial charge in [0.2, 0.25) is 0 Å². The molecule has 0 saturated carbocycles. The van der Waals surface area contributed by atoms with Crippen LogP contribution in [0.15, 0.2) is 41.2 Å². The predicted molar refractivity (Wildman–Crippen MR) is 71.8 cm³/mol. The van der Waals surface area contributed by atoms with E-state index in [0.29, 0.717) is 5.39 Å². The van der Waals surface area contributed by atoms with Crippen molar-refractivity contribution in [1.82, 2.24) is 4.98 Å². The smallest absolute Gasteiger partial charge is 0.322 e. The Balaban J connectivity index is 2.55. The van der Waals surface area contributed by atoms with E-state index >= 15 is 0 Å². The molecule has 5 heteroatoms. The van der Waals surface area contributed by atoms with Crippen LogP contribution >= 0.6 is 0 Å². The average Bonchev–Trinajstić information content (AvgIpc) is 2.36. The van der Waals surface area contributed by atoms with Crippen molar-refractivity contribution in [2.24, 2.45) is 0 Å². The average molecular weight is 277 g/mol. The fourth-order valence-electron chi connectivity index (χ4n) is 2.45. The van der Waals surface area contributed by atoms with E-state index in [1.165, 1.54) is 13.0 Å². The summed E-state index contributed by atoms with van der Waals surface area (Å²) in [5.74, 6) is 0. The van der Waals surface area contributed by atoms with Crippen LogP contribution in [0.5, 0.6) is 0 Å². The fraction of sp³-hybridized carbons (Fsp3) is 0.133. The van der Waals surface area contributed by atoms with Crippen LogP contribution in [0.3, 0.4) is 0 Å². The second kappa shape index (κ2) is 4.10. The Morgan fingerprint density at radius 1 is 1.05 bits per heavy atom. The molecule has 2 aromatic carbocycles. The summed E-state index contributed by atoms with van der Waals surface area (Å²) in [6.45, 7) is 1.19. The molecule has 0 radical (unpaired) electrons. The molecule has 0 unspecified atom stereocenters. The molecule has 2 nitrogen and oxygen atoms in total. The van der Waals surface area contributed by atoms with Crippen LogP contribution in [0.4, 0.5) is 13.2 Å². The molecule has 20 heavy (non-hydrogen) atoms. The maximum atomic E-state index is 13.2. The lowest BCUT2D eigenvalue weighted by Crippen LogP contribution is -2.19. The SMILES string of the molecule is Cc1c(C(F)(F)F)c2cc3ccccc3cc2[nH]c1=O. The first-order chi connectivity index (χ1) is 9.38. The topological polar surface area (TPSA) is 32.9 Å². The Labute approximate surface area is 111 Å². The summed E-state index contributed by atoms with van der Waals surface area (Å²) in [6.07, 6.45) is -4.56. The summed E-state index contributed by atoms with van der Waals surface area (Å²) in [6, 6.07) is 10.1. The van der Waals surface area contributed by atoms with Gasteiger partial charge in [-0.3, -0.25) is 4.79 Å². The number of fused-ring (bicyclic) bond motifs is 2. The Bertz CT molecular complexity index is 878. The van der Waals surface area contributed by atoms with Gasteiger partial charge < -0.3 is 4.98 Å². The van der Waals surface area contributed by atoms with Crippen molar-refractivity contribution >= 4 is 21.7 Å². The first-order valence-electron chi connectivity index (χ1n) is 6.00. The highest BCUT2D eigenvalue weighted by Crippen LogP contribution is 2.36. The molecular formula is C15H10F3NO. The van der Waals surface area contributed by atoms with E-state index in [4.69, 9.17) is 0 Å². The zero-order valence-electron chi connectivity index (χ0n) is 10.5. The lowest BCUT2D eigenvalue weighted by molar-refractivity contribution is -0.136. The van der Waals surface area contributed by atoms with Gasteiger partial charge in [-0.05, 0) is 29.8 Å². The number of halogens is 3. The molecule has 0 aliphatic carbocycles. The van der Waals surface area contributed by atoms with Crippen molar-refractivity contribution in [3.63, 3.8) is 0 Å². The molecule has 0 bridgehead atoms. The van der Waals surface area contributed by atoms with Gasteiger partial charge in [-0.15, -0.1) is 0 Å². The second-order valence-corrected chi connectivity index (χ2v) is 4.70. The van der Waals surface area contributed by atoms with Gasteiger partial charge in [-0.2, -0.15) is 13.2 Å². The normalized spacial score (nSPS) is 12.2. The number of benzene rings is 2. The fourth-order valence-corrected chi connectivity index (χ4v) is 2.45. The number of rotatable bonds is 0. The molecular weight excluding hydrogens is 267 g/mol. The molecule has 0 aliphatic rings. The van der Waals surface area contributed by atoms with Gasteiger partial charge in [0.25, 0.3) is 5.56 Å². The standard InChI is InChI=1S/C15H10F3NO/c1-8-13(15(16,17)18)11-6-9-4-2-3-5-10(9)7-12(11)19-14(8)20/h2-7H,1H3,(H,19,20). The van der Waals surface area contributed by atoms with E-state index in [1.54, 1.807) is 30.3 Å². The number of H-pyrrole nitrogens is 1. The monoisotopic (exact) mass is 277 g/mol. The van der Waals surface area contributed by atoms with Crippen LogP contribution in [-0.2, 0) is 6.18 Å². The minimum absolute atomic E-state index is 0.0216. The van der Waals surface area contributed by atoms with Crippen LogP contribution in [0, 0.1) is 6.92 Å². The first kappa shape index (κ1) is 12.7. The molecule has 0 spiro atoms. The van der Waals surface area contributed by atoms with Crippen LogP contribution in [-0.4, -0.2) is 4.98 Å². The van der Waals surface area contributed by atoms with Crippen molar-refractivity contribution in [2.45, 2.75) is 13.1 Å². The molecule has 0 aliphatic heterocycles. The molecule has 1 N–H and O–H groups in total. The Morgan fingerprint density at radius 3 is 2.25 bits per heavy atom. The zero-order chi connectivity index (χ0) is 14.5. The van der Waals surface area contributed by atoms with Gasteiger partial charge in [-0.1, -0.05) is 24.3 Å². The van der Waals surface area contributed by atoms with Crippen LogP contribution < -0.4 is 5.56 Å². The molecule has 0 saturated heterocycles. The molecule has 3 rings (SSSR count). The van der Waals surface area contributed by atoms with Gasteiger partial charge in [0.15, 0.2) is 0 Å². The van der Waals surface area contributed by atoms with Crippen molar-refractivity contribution in [3.05, 3.63) is 57.9 Å². The van der Waals surface area contributed by atoms with E-state index in [2.05, 4.69) is 4.98 Å². The molecule has 102 valence electrons. The lowest BCUT2D eigenvalue weighted by Gasteiger charge is -2.13. The van der Waals surface area contributed by atoms with Crippen LogP contribution in [0.25, 0.3) is 21.7 Å². The number of hydrogen-bond acceptors (Lipinski definition) is 1. The molecule has 0 fully saturated rings. The minimum Gasteiger partial charge on any atom is -0.322 e. The molecule has 1 heterocycles. The largest absolute Gasteiger partial charge is 0.417 e. The van der Waals surface area contributed by atoms with Crippen LogP contribution in [0.1, 0.15) is 11.1 Å². The highest BCUT2D eigenvalue weighted by atomic mass is 19.4. The number of hydrogen-bond donors (Lipinski definition) is 1. The molecule has 0 atom stereocenters. The van der Waals surface area contributed by atoms with E-state index in [0.717, 1.165) is 5.39 Å². The van der Waals surface area contributed by atoms with Crippen molar-refractivity contribution in [1.29, 1.82) is 0 Å². The third-order valence-electron chi connectivity index (χ3n) is 3.40. The third-order valence-corrected chi connectivity index (χ3v) is 3.40. The Morgan fingerprint density at radius 2 is 1.65 bits per heavy atom. The molecule has 0 amide bonds. The third kappa shape index (κ3) is 1.86. The number of pyridine rings is 1. The summed E-state index contributed by atoms with van der Waals surface area (Å²) in [4.78, 5) is 14.2. The van der Waals surface area contributed by atoms with E-state index < -0.39 is 17.3 Å². The van der Waals surface area contributed by atoms with Crippen LogP contribution in [0.2, 0.25) is 0 Å². The predicted octanol–water partition coefficient (Wildman–Crippen LogP) is 4.01. The number of nitrogens with one attached hydrogen (secondary N) is 1. The highest BCUT2D eigenvalue weighted by molar-refractivity contribution is 5.98. The van der Waals surface area contributed by atoms with Gasteiger partial charge in [0.05, 0.1) is 5.56 Å². The number of aromatic amines is 1. The van der Waals surface area contributed by atoms with E-state index in [1.807, 2.05) is 0 Å². The van der Waals surface area contributed by atoms with Gasteiger partial charge >= 0.3 is 6.18 Å². The maximum Gasteiger partial charge on any atom is 0.417 e. The highest BCUT2D eigenvalue weighted by Gasteiger charge is 2.35. The summed E-state index contributed by atoms with van der Waals surface area (Å²) < 4.78 is 39.6. The number of alkyl halides is 3. The van der Waals surface area contributed by atoms with Gasteiger partial charge in [-0.25, -0.2) is 0 Å². The minimum atomic E-state index is -4.56. The van der Waals surface area contributed by atoms with E-state index in [-0.39, 0.29) is 16.5 Å². The molecule has 3 aromatic rings. The number of aromatic nitrogens is 1. The second-order valence-electron chi connectivity index (χ2n) is 4.70. The lowest BCUT2D eigenvalue weighted by atomic mass is 10.00. The molecule has 1 aromatic heterocycles. The van der Waals surface area contributed by atoms with Crippen molar-refractivity contribution in [3.8, 4) is 0 Å². The first-order valence-corrected chi connectivity index (χ1v) is 6.00. The Kier molecular flexibility index (Phi) is 2.61. The Hall–Kier alpha value is -2.30. The maximum absolute atomic E-state index is 13.2. The summed E-state index contributed by atoms with van der Waals surface area (Å²) in [5, 5.41) is 1.51. The summed E-state index contributed by atoms with van der Waals surface area (Å²) >= 11 is 0. The van der Waals surface area contributed by atoms with Gasteiger partial charge in [0.1, 0.15) is 0 Å². The van der Waals surface area contributed by atoms with Crippen molar-refractivity contribution < 1.29 is 13.2 Å². The zero-order valence-corrected chi connectivity index (χ0v) is 10.5. The quantitative estimate of drug-likeness (QED) is 0.619. The van der Waals surface area contributed by atoms with Crippen molar-refractivity contribution in [2.75, 3.05) is 0 Å². The summed E-state index contributed by atoms with van der Waals surface area (Å²) in [5.41, 5.74) is -1.67. The van der Waals surface area contributed by atoms with E-state index in [9.17, 15) is 18.0 Å². The summed E-state index contributed by atoms with van der Waals surface area (Å²) in [7, 11) is 0.